The summed E-state index contributed by atoms with van der Waals surface area (Å²) in [5.41, 5.74) is 6.39. The minimum atomic E-state index is 0. The lowest BCUT2D eigenvalue weighted by Crippen LogP contribution is -2.23. The SMILES string of the molecule is Cl.NCCCCCCC(=O)NCc1cccnc1-n1cccn1. The summed E-state index contributed by atoms with van der Waals surface area (Å²) in [6, 6.07) is 5.66. The molecule has 0 fully saturated rings. The number of pyridine rings is 1. The number of nitrogens with zero attached hydrogens (tertiary/aromatic N) is 3. The Morgan fingerprint density at radius 1 is 1.17 bits per heavy atom. The van der Waals surface area contributed by atoms with Crippen molar-refractivity contribution in [2.24, 2.45) is 5.73 Å². The minimum absolute atomic E-state index is 0. The van der Waals surface area contributed by atoms with Gasteiger partial charge in [-0.05, 0) is 31.5 Å². The van der Waals surface area contributed by atoms with Crippen LogP contribution in [0.2, 0.25) is 0 Å². The third kappa shape index (κ3) is 6.38. The van der Waals surface area contributed by atoms with E-state index in [-0.39, 0.29) is 18.3 Å². The van der Waals surface area contributed by atoms with E-state index in [1.165, 1.54) is 0 Å². The van der Waals surface area contributed by atoms with E-state index in [0.29, 0.717) is 13.0 Å². The van der Waals surface area contributed by atoms with E-state index in [4.69, 9.17) is 5.73 Å². The van der Waals surface area contributed by atoms with E-state index in [0.717, 1.165) is 43.6 Å². The molecule has 23 heavy (non-hydrogen) atoms. The maximum Gasteiger partial charge on any atom is 0.220 e. The lowest BCUT2D eigenvalue weighted by atomic mass is 10.1. The molecule has 0 aliphatic carbocycles. The highest BCUT2D eigenvalue weighted by atomic mass is 35.5. The molecule has 2 aromatic heterocycles. The van der Waals surface area contributed by atoms with Gasteiger partial charge in [0.25, 0.3) is 0 Å². The van der Waals surface area contributed by atoms with Crippen molar-refractivity contribution < 1.29 is 4.79 Å². The van der Waals surface area contributed by atoms with Crippen LogP contribution in [0.15, 0.2) is 36.8 Å². The number of rotatable bonds is 9. The first-order chi connectivity index (χ1) is 10.8. The molecule has 2 heterocycles. The highest BCUT2D eigenvalue weighted by Gasteiger charge is 2.07. The van der Waals surface area contributed by atoms with Gasteiger partial charge in [0.1, 0.15) is 0 Å². The predicted molar refractivity (Wildman–Crippen MR) is 92.6 cm³/mol. The second-order valence-corrected chi connectivity index (χ2v) is 5.17. The summed E-state index contributed by atoms with van der Waals surface area (Å²) in [4.78, 5) is 16.2. The lowest BCUT2D eigenvalue weighted by molar-refractivity contribution is -0.121. The Labute approximate surface area is 142 Å². The molecule has 0 aliphatic heterocycles. The van der Waals surface area contributed by atoms with Gasteiger partial charge < -0.3 is 11.1 Å². The average Bonchev–Trinajstić information content (AvgIpc) is 3.07. The number of nitrogens with two attached hydrogens (primary N) is 1. The number of unbranched alkanes of at least 4 members (excludes halogenated alkanes) is 3. The molecule has 2 aromatic rings. The van der Waals surface area contributed by atoms with Gasteiger partial charge in [-0.15, -0.1) is 12.4 Å². The van der Waals surface area contributed by atoms with Gasteiger partial charge in [-0.25, -0.2) is 9.67 Å². The Bertz CT molecular complexity index is 574. The lowest BCUT2D eigenvalue weighted by Gasteiger charge is -2.09. The first kappa shape index (κ1) is 19.1. The fourth-order valence-corrected chi connectivity index (χ4v) is 2.23. The van der Waals surface area contributed by atoms with Gasteiger partial charge in [0.05, 0.1) is 0 Å². The van der Waals surface area contributed by atoms with Gasteiger partial charge in [-0.3, -0.25) is 4.79 Å². The molecule has 0 aliphatic rings. The molecule has 0 unspecified atom stereocenters. The molecule has 2 rings (SSSR count). The zero-order chi connectivity index (χ0) is 15.6. The number of nitrogens with one attached hydrogen (secondary N) is 1. The van der Waals surface area contributed by atoms with Crippen LogP contribution in [-0.4, -0.2) is 27.2 Å². The van der Waals surface area contributed by atoms with Crippen molar-refractivity contribution in [3.63, 3.8) is 0 Å². The van der Waals surface area contributed by atoms with Crippen molar-refractivity contribution in [3.8, 4) is 5.82 Å². The van der Waals surface area contributed by atoms with Gasteiger partial charge in [0, 0.05) is 37.1 Å². The zero-order valence-corrected chi connectivity index (χ0v) is 14.0. The second-order valence-electron chi connectivity index (χ2n) is 5.17. The van der Waals surface area contributed by atoms with E-state index in [1.54, 1.807) is 17.1 Å². The third-order valence-corrected chi connectivity index (χ3v) is 3.42. The Hall–Kier alpha value is -1.92. The van der Waals surface area contributed by atoms with Crippen LogP contribution in [0.3, 0.4) is 0 Å². The molecule has 0 spiro atoms. The Morgan fingerprint density at radius 3 is 2.74 bits per heavy atom. The molecule has 7 heteroatoms. The molecule has 0 aromatic carbocycles. The summed E-state index contributed by atoms with van der Waals surface area (Å²) < 4.78 is 1.70. The Morgan fingerprint density at radius 2 is 2.00 bits per heavy atom. The summed E-state index contributed by atoms with van der Waals surface area (Å²) in [6.07, 6.45) is 9.91. The topological polar surface area (TPSA) is 85.8 Å². The van der Waals surface area contributed by atoms with Crippen molar-refractivity contribution in [3.05, 3.63) is 42.4 Å². The average molecular weight is 338 g/mol. The van der Waals surface area contributed by atoms with Gasteiger partial charge in [-0.1, -0.05) is 18.9 Å². The van der Waals surface area contributed by atoms with E-state index in [2.05, 4.69) is 15.4 Å². The van der Waals surface area contributed by atoms with Crippen molar-refractivity contribution in [1.82, 2.24) is 20.1 Å². The summed E-state index contributed by atoms with van der Waals surface area (Å²) in [6.45, 7) is 1.19. The zero-order valence-electron chi connectivity index (χ0n) is 13.1. The molecule has 0 saturated heterocycles. The first-order valence-corrected chi connectivity index (χ1v) is 7.72. The van der Waals surface area contributed by atoms with Gasteiger partial charge in [-0.2, -0.15) is 5.10 Å². The summed E-state index contributed by atoms with van der Waals surface area (Å²) in [5.74, 6) is 0.818. The quantitative estimate of drug-likeness (QED) is 0.687. The molecule has 126 valence electrons. The standard InChI is InChI=1S/C16H23N5O.ClH/c17-9-4-2-1-3-8-15(22)19-13-14-7-5-10-18-16(14)21-12-6-11-20-21;/h5-7,10-12H,1-4,8-9,13,17H2,(H,19,22);1H. The normalized spacial score (nSPS) is 10.1. The van der Waals surface area contributed by atoms with E-state index in [9.17, 15) is 4.79 Å². The monoisotopic (exact) mass is 337 g/mol. The first-order valence-electron chi connectivity index (χ1n) is 7.72. The van der Waals surface area contributed by atoms with Crippen LogP contribution in [0.25, 0.3) is 5.82 Å². The predicted octanol–water partition coefficient (Wildman–Crippen LogP) is 2.21. The van der Waals surface area contributed by atoms with Crippen molar-refractivity contribution >= 4 is 18.3 Å². The van der Waals surface area contributed by atoms with E-state index < -0.39 is 0 Å². The van der Waals surface area contributed by atoms with Crippen LogP contribution in [0, 0.1) is 0 Å². The number of aromatic nitrogens is 3. The minimum Gasteiger partial charge on any atom is -0.352 e. The van der Waals surface area contributed by atoms with E-state index in [1.807, 2.05) is 24.4 Å². The van der Waals surface area contributed by atoms with Gasteiger partial charge in [0.15, 0.2) is 5.82 Å². The fourth-order valence-electron chi connectivity index (χ4n) is 2.23. The second kappa shape index (κ2) is 10.7. The number of amides is 1. The van der Waals surface area contributed by atoms with Crippen LogP contribution >= 0.6 is 12.4 Å². The third-order valence-electron chi connectivity index (χ3n) is 3.42. The number of carbonyl (C=O) groups is 1. The smallest absolute Gasteiger partial charge is 0.220 e. The van der Waals surface area contributed by atoms with Crippen molar-refractivity contribution in [1.29, 1.82) is 0 Å². The Kier molecular flexibility index (Phi) is 8.94. The van der Waals surface area contributed by atoms with Crippen LogP contribution in [-0.2, 0) is 11.3 Å². The Balaban J connectivity index is 0.00000264. The van der Waals surface area contributed by atoms with Crippen molar-refractivity contribution in [2.45, 2.75) is 38.6 Å². The molecule has 1 amide bonds. The maximum atomic E-state index is 11.9. The highest BCUT2D eigenvalue weighted by molar-refractivity contribution is 5.85. The number of carbonyl (C=O) groups excluding carboxylic acids is 1. The molecular weight excluding hydrogens is 314 g/mol. The van der Waals surface area contributed by atoms with Gasteiger partial charge >= 0.3 is 0 Å². The van der Waals surface area contributed by atoms with Crippen LogP contribution < -0.4 is 11.1 Å². The summed E-state index contributed by atoms with van der Waals surface area (Å²) >= 11 is 0. The van der Waals surface area contributed by atoms with E-state index >= 15 is 0 Å². The van der Waals surface area contributed by atoms with Crippen LogP contribution in [0.4, 0.5) is 0 Å². The van der Waals surface area contributed by atoms with Crippen LogP contribution in [0.5, 0.6) is 0 Å². The molecule has 3 N–H and O–H groups in total. The van der Waals surface area contributed by atoms with Gasteiger partial charge in [0.2, 0.25) is 5.91 Å². The number of hydrogen-bond acceptors (Lipinski definition) is 4. The van der Waals surface area contributed by atoms with Crippen LogP contribution in [0.1, 0.15) is 37.7 Å². The van der Waals surface area contributed by atoms with Crippen molar-refractivity contribution in [2.75, 3.05) is 6.54 Å². The largest absolute Gasteiger partial charge is 0.352 e. The molecule has 0 radical (unpaired) electrons. The molecule has 6 nitrogen and oxygen atoms in total. The number of halogens is 1. The molecule has 0 saturated carbocycles. The number of hydrogen-bond donors (Lipinski definition) is 2. The summed E-state index contributed by atoms with van der Waals surface area (Å²) in [7, 11) is 0. The maximum absolute atomic E-state index is 11.9. The highest BCUT2D eigenvalue weighted by Crippen LogP contribution is 2.10. The fraction of sp³-hybridized carbons (Fsp3) is 0.438. The molecular formula is C16H24ClN5O. The summed E-state index contributed by atoms with van der Waals surface area (Å²) in [5, 5.41) is 7.13. The molecule has 0 atom stereocenters. The molecule has 0 bridgehead atoms.